The van der Waals surface area contributed by atoms with Crippen LogP contribution in [0.25, 0.3) is 0 Å². The van der Waals surface area contributed by atoms with Crippen molar-refractivity contribution < 1.29 is 9.50 Å². The van der Waals surface area contributed by atoms with Crippen LogP contribution in [0.2, 0.25) is 5.02 Å². The molecule has 0 aliphatic rings. The topological polar surface area (TPSA) is 20.2 Å². The molecule has 0 bridgehead atoms. The molecule has 0 radical (unpaired) electrons. The first kappa shape index (κ1) is 12.0. The van der Waals surface area contributed by atoms with Gasteiger partial charge in [0.2, 0.25) is 0 Å². The van der Waals surface area contributed by atoms with Crippen molar-refractivity contribution in [2.24, 2.45) is 0 Å². The van der Waals surface area contributed by atoms with Crippen molar-refractivity contribution in [2.75, 3.05) is 0 Å². The van der Waals surface area contributed by atoms with Crippen LogP contribution < -0.4 is 0 Å². The second kappa shape index (κ2) is 5.75. The molecule has 1 unspecified atom stereocenters. The molecule has 80 valence electrons. The van der Waals surface area contributed by atoms with Gasteiger partial charge in [0.25, 0.3) is 0 Å². The van der Waals surface area contributed by atoms with E-state index in [1.54, 1.807) is 6.92 Å². The van der Waals surface area contributed by atoms with Crippen molar-refractivity contribution in [1.82, 2.24) is 0 Å². The van der Waals surface area contributed by atoms with Gasteiger partial charge in [-0.3, -0.25) is 0 Å². The van der Waals surface area contributed by atoms with Crippen molar-refractivity contribution in [3.05, 3.63) is 34.6 Å². The molecule has 0 saturated heterocycles. The maximum atomic E-state index is 12.8. The molecular formula is C12H12ClFO. The van der Waals surface area contributed by atoms with E-state index in [1.165, 1.54) is 18.2 Å². The molecule has 0 aromatic heterocycles. The summed E-state index contributed by atoms with van der Waals surface area (Å²) >= 11 is 5.61. The highest BCUT2D eigenvalue weighted by Gasteiger charge is 2.08. The number of rotatable bonds is 3. The molecule has 0 saturated carbocycles. The van der Waals surface area contributed by atoms with Gasteiger partial charge in [-0.05, 0) is 31.0 Å². The fraction of sp³-hybridized carbons (Fsp3) is 0.333. The fourth-order valence-electron chi connectivity index (χ4n) is 1.22. The molecule has 3 heteroatoms. The summed E-state index contributed by atoms with van der Waals surface area (Å²) < 4.78 is 12.8. The number of halogens is 2. The van der Waals surface area contributed by atoms with E-state index in [9.17, 15) is 9.50 Å². The quantitative estimate of drug-likeness (QED) is 0.784. The van der Waals surface area contributed by atoms with Gasteiger partial charge in [-0.2, -0.15) is 0 Å². The summed E-state index contributed by atoms with van der Waals surface area (Å²) in [5.74, 6) is 5.13. The first-order valence-corrected chi connectivity index (χ1v) is 5.05. The maximum absolute atomic E-state index is 12.8. The van der Waals surface area contributed by atoms with Crippen LogP contribution in [0, 0.1) is 17.7 Å². The first-order chi connectivity index (χ1) is 7.15. The van der Waals surface area contributed by atoms with E-state index in [0.717, 1.165) is 0 Å². The standard InChI is InChI=1S/C12H12ClFO/c1-2-3-4-5-12(15)9-6-7-11(14)10(13)8-9/h6-8,12,15H,4-5H2,1H3. The smallest absolute Gasteiger partial charge is 0.141 e. The molecule has 0 amide bonds. The molecule has 0 aliphatic heterocycles. The lowest BCUT2D eigenvalue weighted by molar-refractivity contribution is 0.169. The van der Waals surface area contributed by atoms with E-state index in [0.29, 0.717) is 18.4 Å². The summed E-state index contributed by atoms with van der Waals surface area (Å²) in [7, 11) is 0. The molecule has 1 nitrogen and oxygen atoms in total. The molecule has 1 rings (SSSR count). The van der Waals surface area contributed by atoms with E-state index in [1.807, 2.05) is 0 Å². The van der Waals surface area contributed by atoms with Crippen molar-refractivity contribution in [2.45, 2.75) is 25.9 Å². The number of benzene rings is 1. The van der Waals surface area contributed by atoms with Crippen molar-refractivity contribution in [1.29, 1.82) is 0 Å². The van der Waals surface area contributed by atoms with Gasteiger partial charge >= 0.3 is 0 Å². The zero-order valence-electron chi connectivity index (χ0n) is 8.43. The van der Waals surface area contributed by atoms with Crippen LogP contribution in [-0.2, 0) is 0 Å². The summed E-state index contributed by atoms with van der Waals surface area (Å²) in [6.45, 7) is 1.75. The summed E-state index contributed by atoms with van der Waals surface area (Å²) in [6.07, 6.45) is 0.513. The molecule has 0 heterocycles. The van der Waals surface area contributed by atoms with Crippen LogP contribution in [0.4, 0.5) is 4.39 Å². The largest absolute Gasteiger partial charge is 0.388 e. The molecule has 0 fully saturated rings. The predicted octanol–water partition coefficient (Wildman–Crippen LogP) is 3.32. The van der Waals surface area contributed by atoms with Gasteiger partial charge in [0.1, 0.15) is 5.82 Å². The minimum atomic E-state index is -0.635. The molecule has 1 aromatic rings. The molecule has 1 atom stereocenters. The van der Waals surface area contributed by atoms with E-state index >= 15 is 0 Å². The summed E-state index contributed by atoms with van der Waals surface area (Å²) in [6, 6.07) is 4.23. The Morgan fingerprint density at radius 1 is 1.53 bits per heavy atom. The fourth-order valence-corrected chi connectivity index (χ4v) is 1.41. The molecule has 0 aliphatic carbocycles. The molecule has 1 N–H and O–H groups in total. The first-order valence-electron chi connectivity index (χ1n) is 4.67. The lowest BCUT2D eigenvalue weighted by Crippen LogP contribution is -1.97. The highest BCUT2D eigenvalue weighted by atomic mass is 35.5. The van der Waals surface area contributed by atoms with Crippen LogP contribution in [0.5, 0.6) is 0 Å². The third-order valence-electron chi connectivity index (χ3n) is 2.05. The number of hydrogen-bond acceptors (Lipinski definition) is 1. The third-order valence-corrected chi connectivity index (χ3v) is 2.34. The Morgan fingerprint density at radius 2 is 2.27 bits per heavy atom. The van der Waals surface area contributed by atoms with E-state index in [2.05, 4.69) is 11.8 Å². The minimum absolute atomic E-state index is 0.0353. The van der Waals surface area contributed by atoms with Crippen molar-refractivity contribution >= 4 is 11.6 Å². The summed E-state index contributed by atoms with van der Waals surface area (Å²) in [5, 5.41) is 9.75. The monoisotopic (exact) mass is 226 g/mol. The van der Waals surface area contributed by atoms with Crippen LogP contribution >= 0.6 is 11.6 Å². The number of aliphatic hydroxyl groups is 1. The normalized spacial score (nSPS) is 11.7. The average molecular weight is 227 g/mol. The second-order valence-electron chi connectivity index (χ2n) is 3.15. The average Bonchev–Trinajstić information content (AvgIpc) is 2.22. The van der Waals surface area contributed by atoms with E-state index in [4.69, 9.17) is 11.6 Å². The van der Waals surface area contributed by atoms with Gasteiger partial charge in [0.05, 0.1) is 11.1 Å². The van der Waals surface area contributed by atoms with Crippen molar-refractivity contribution in [3.63, 3.8) is 0 Å². The SMILES string of the molecule is CC#CCCC(O)c1ccc(F)c(Cl)c1. The maximum Gasteiger partial charge on any atom is 0.141 e. The Hall–Kier alpha value is -1.04. The number of hydrogen-bond donors (Lipinski definition) is 1. The Kier molecular flexibility index (Phi) is 4.61. The zero-order chi connectivity index (χ0) is 11.3. The van der Waals surface area contributed by atoms with Crippen molar-refractivity contribution in [3.8, 4) is 11.8 Å². The lowest BCUT2D eigenvalue weighted by atomic mass is 10.1. The van der Waals surface area contributed by atoms with Gasteiger partial charge in [-0.25, -0.2) is 4.39 Å². The van der Waals surface area contributed by atoms with Crippen LogP contribution in [0.15, 0.2) is 18.2 Å². The Balaban J connectivity index is 2.68. The summed E-state index contributed by atoms with van der Waals surface area (Å²) in [4.78, 5) is 0. The minimum Gasteiger partial charge on any atom is -0.388 e. The lowest BCUT2D eigenvalue weighted by Gasteiger charge is -2.09. The van der Waals surface area contributed by atoms with Gasteiger partial charge in [0.15, 0.2) is 0 Å². The Morgan fingerprint density at radius 3 is 2.87 bits per heavy atom. The highest BCUT2D eigenvalue weighted by molar-refractivity contribution is 6.30. The van der Waals surface area contributed by atoms with E-state index in [-0.39, 0.29) is 5.02 Å². The van der Waals surface area contributed by atoms with Crippen LogP contribution in [0.3, 0.4) is 0 Å². The van der Waals surface area contributed by atoms with E-state index < -0.39 is 11.9 Å². The third kappa shape index (κ3) is 3.54. The Labute approximate surface area is 93.9 Å². The van der Waals surface area contributed by atoms with Gasteiger partial charge in [-0.1, -0.05) is 17.7 Å². The number of aliphatic hydroxyl groups excluding tert-OH is 1. The van der Waals surface area contributed by atoms with Gasteiger partial charge < -0.3 is 5.11 Å². The molecule has 15 heavy (non-hydrogen) atoms. The zero-order valence-corrected chi connectivity index (χ0v) is 9.18. The van der Waals surface area contributed by atoms with Gasteiger partial charge in [-0.15, -0.1) is 11.8 Å². The predicted molar refractivity (Wildman–Crippen MR) is 59.1 cm³/mol. The Bertz CT molecular complexity index is 392. The summed E-state index contributed by atoms with van der Waals surface area (Å²) in [5.41, 5.74) is 0.624. The second-order valence-corrected chi connectivity index (χ2v) is 3.56. The molecular weight excluding hydrogens is 215 g/mol. The van der Waals surface area contributed by atoms with Crippen LogP contribution in [0.1, 0.15) is 31.4 Å². The molecule has 1 aromatic carbocycles. The van der Waals surface area contributed by atoms with Gasteiger partial charge in [0, 0.05) is 6.42 Å². The van der Waals surface area contributed by atoms with Crippen LogP contribution in [-0.4, -0.2) is 5.11 Å². The molecule has 0 spiro atoms. The highest BCUT2D eigenvalue weighted by Crippen LogP contribution is 2.23.